The van der Waals surface area contributed by atoms with Gasteiger partial charge >= 0.3 is 0 Å². The lowest BCUT2D eigenvalue weighted by atomic mass is 10.2. The van der Waals surface area contributed by atoms with Crippen LogP contribution in [-0.4, -0.2) is 22.8 Å². The maximum Gasteiger partial charge on any atom is 0.191 e. The van der Waals surface area contributed by atoms with Gasteiger partial charge in [-0.1, -0.05) is 30.3 Å². The minimum Gasteiger partial charge on any atom is -0.352 e. The molecule has 2 N–H and O–H groups in total. The number of aliphatic imine (C=N–C) groups is 1. The van der Waals surface area contributed by atoms with Crippen molar-refractivity contribution in [3.8, 4) is 0 Å². The smallest absolute Gasteiger partial charge is 0.191 e. The highest BCUT2D eigenvalue weighted by Gasteiger charge is 2.02. The van der Waals surface area contributed by atoms with Crippen molar-refractivity contribution >= 4 is 41.3 Å². The molecule has 3 aromatic rings. The van der Waals surface area contributed by atoms with Crippen molar-refractivity contribution in [2.75, 3.05) is 7.05 Å². The van der Waals surface area contributed by atoms with E-state index in [2.05, 4.69) is 55.9 Å². The van der Waals surface area contributed by atoms with E-state index in [9.17, 15) is 0 Å². The molecule has 0 unspecified atom stereocenters. The highest BCUT2D eigenvalue weighted by Crippen LogP contribution is 2.05. The van der Waals surface area contributed by atoms with E-state index in [1.54, 1.807) is 18.4 Å². The molecule has 2 heterocycles. The number of benzene rings is 1. The van der Waals surface area contributed by atoms with Crippen LogP contribution in [0.25, 0.3) is 0 Å². The van der Waals surface area contributed by atoms with Gasteiger partial charge in [-0.2, -0.15) is 16.4 Å². The lowest BCUT2D eigenvalue weighted by molar-refractivity contribution is 0.685. The Bertz CT molecular complexity index is 768. The van der Waals surface area contributed by atoms with E-state index in [1.807, 2.05) is 29.1 Å². The summed E-state index contributed by atoms with van der Waals surface area (Å²) < 4.78 is 1.95. The van der Waals surface area contributed by atoms with Crippen LogP contribution in [0.3, 0.4) is 0 Å². The van der Waals surface area contributed by atoms with Crippen LogP contribution in [0, 0.1) is 0 Å². The minimum absolute atomic E-state index is 0. The molecule has 5 nitrogen and oxygen atoms in total. The van der Waals surface area contributed by atoms with Gasteiger partial charge in [-0.15, -0.1) is 24.0 Å². The molecule has 0 fully saturated rings. The minimum atomic E-state index is 0. The summed E-state index contributed by atoms with van der Waals surface area (Å²) in [5, 5.41) is 15.3. The van der Waals surface area contributed by atoms with Gasteiger partial charge in [0.1, 0.15) is 0 Å². The van der Waals surface area contributed by atoms with Crippen molar-refractivity contribution in [1.82, 2.24) is 20.4 Å². The molecule has 25 heavy (non-hydrogen) atoms. The highest BCUT2D eigenvalue weighted by molar-refractivity contribution is 14.0. The van der Waals surface area contributed by atoms with Crippen LogP contribution in [0.5, 0.6) is 0 Å². The van der Waals surface area contributed by atoms with Crippen molar-refractivity contribution in [1.29, 1.82) is 0 Å². The molecule has 0 aliphatic rings. The van der Waals surface area contributed by atoms with Crippen LogP contribution in [0.1, 0.15) is 16.7 Å². The molecule has 0 saturated heterocycles. The van der Waals surface area contributed by atoms with Crippen molar-refractivity contribution in [3.05, 3.63) is 76.2 Å². The van der Waals surface area contributed by atoms with Gasteiger partial charge in [0.05, 0.1) is 12.7 Å². The second-order valence-electron chi connectivity index (χ2n) is 5.44. The predicted molar refractivity (Wildman–Crippen MR) is 115 cm³/mol. The zero-order valence-electron chi connectivity index (χ0n) is 14.1. The Labute approximate surface area is 169 Å². The van der Waals surface area contributed by atoms with Crippen LogP contribution in [0.15, 0.2) is 64.5 Å². The van der Waals surface area contributed by atoms with E-state index in [4.69, 9.17) is 0 Å². The van der Waals surface area contributed by atoms with Crippen LogP contribution in [0.4, 0.5) is 0 Å². The molecule has 0 aliphatic heterocycles. The average Bonchev–Trinajstić information content (AvgIpc) is 3.28. The zero-order chi connectivity index (χ0) is 16.6. The van der Waals surface area contributed by atoms with Crippen LogP contribution < -0.4 is 10.6 Å². The third-order valence-electron chi connectivity index (χ3n) is 3.60. The Balaban J connectivity index is 0.00000225. The van der Waals surface area contributed by atoms with Crippen molar-refractivity contribution in [3.63, 3.8) is 0 Å². The number of nitrogens with zero attached hydrogens (tertiary/aromatic N) is 3. The van der Waals surface area contributed by atoms with Gasteiger partial charge in [0.25, 0.3) is 0 Å². The Morgan fingerprint density at radius 3 is 2.52 bits per heavy atom. The summed E-state index contributed by atoms with van der Waals surface area (Å²) >= 11 is 1.70. The predicted octanol–water partition coefficient (Wildman–Crippen LogP) is 3.48. The molecule has 0 bridgehead atoms. The SMILES string of the molecule is CN=C(NCc1ccsc1)NCc1cnn(Cc2ccccc2)c1.I. The van der Waals surface area contributed by atoms with Crippen LogP contribution in [-0.2, 0) is 19.6 Å². The number of halogens is 1. The number of aromatic nitrogens is 2. The Kier molecular flexibility index (Phi) is 7.93. The molecular formula is C18H22IN5S. The van der Waals surface area contributed by atoms with E-state index < -0.39 is 0 Å². The number of rotatable bonds is 6. The second kappa shape index (κ2) is 10.2. The van der Waals surface area contributed by atoms with Crippen LogP contribution >= 0.6 is 35.3 Å². The lowest BCUT2D eigenvalue weighted by Crippen LogP contribution is -2.36. The van der Waals surface area contributed by atoms with Gasteiger partial charge in [-0.25, -0.2) is 0 Å². The summed E-state index contributed by atoms with van der Waals surface area (Å²) in [6, 6.07) is 12.4. The third kappa shape index (κ3) is 6.17. The largest absolute Gasteiger partial charge is 0.352 e. The monoisotopic (exact) mass is 467 g/mol. The van der Waals surface area contributed by atoms with E-state index in [-0.39, 0.29) is 24.0 Å². The van der Waals surface area contributed by atoms with Gasteiger partial charge in [-0.05, 0) is 28.0 Å². The van der Waals surface area contributed by atoms with E-state index >= 15 is 0 Å². The summed E-state index contributed by atoms with van der Waals surface area (Å²) in [5.41, 5.74) is 3.64. The first-order valence-corrected chi connectivity index (χ1v) is 8.78. The topological polar surface area (TPSA) is 54.2 Å². The fourth-order valence-electron chi connectivity index (χ4n) is 2.34. The molecule has 7 heteroatoms. The van der Waals surface area contributed by atoms with E-state index in [0.29, 0.717) is 6.54 Å². The second-order valence-corrected chi connectivity index (χ2v) is 6.22. The van der Waals surface area contributed by atoms with Crippen molar-refractivity contribution in [2.45, 2.75) is 19.6 Å². The Morgan fingerprint density at radius 1 is 1.08 bits per heavy atom. The standard InChI is InChI=1S/C18H21N5S.HI/c1-19-18(20-9-16-7-8-24-14-16)21-10-17-11-22-23(13-17)12-15-5-3-2-4-6-15;/h2-8,11,13-14H,9-10,12H2,1H3,(H2,19,20,21);1H. The summed E-state index contributed by atoms with van der Waals surface area (Å²) in [6.45, 7) is 2.25. The average molecular weight is 467 g/mol. The summed E-state index contributed by atoms with van der Waals surface area (Å²) in [7, 11) is 1.78. The molecule has 0 spiro atoms. The normalized spacial score (nSPS) is 11.0. The number of guanidine groups is 1. The molecule has 0 radical (unpaired) electrons. The number of thiophene rings is 1. The number of hydrogen-bond donors (Lipinski definition) is 2. The fourth-order valence-corrected chi connectivity index (χ4v) is 3.01. The number of nitrogens with one attached hydrogen (secondary N) is 2. The fraction of sp³-hybridized carbons (Fsp3) is 0.222. The molecule has 0 atom stereocenters. The first kappa shape index (κ1) is 19.5. The van der Waals surface area contributed by atoms with Gasteiger partial charge < -0.3 is 10.6 Å². The van der Waals surface area contributed by atoms with E-state index in [1.165, 1.54) is 11.1 Å². The molecule has 0 amide bonds. The van der Waals surface area contributed by atoms with Crippen molar-refractivity contribution < 1.29 is 0 Å². The first-order chi connectivity index (χ1) is 11.8. The molecular weight excluding hydrogens is 445 g/mol. The maximum atomic E-state index is 4.42. The van der Waals surface area contributed by atoms with Gasteiger partial charge in [0.2, 0.25) is 0 Å². The molecule has 3 rings (SSSR count). The number of hydrogen-bond acceptors (Lipinski definition) is 3. The maximum absolute atomic E-state index is 4.42. The van der Waals surface area contributed by atoms with Crippen LogP contribution in [0.2, 0.25) is 0 Å². The third-order valence-corrected chi connectivity index (χ3v) is 4.33. The summed E-state index contributed by atoms with van der Waals surface area (Å²) in [4.78, 5) is 4.25. The van der Waals surface area contributed by atoms with E-state index in [0.717, 1.165) is 24.6 Å². The summed E-state index contributed by atoms with van der Waals surface area (Å²) in [5.74, 6) is 0.789. The Hall–Kier alpha value is -1.87. The highest BCUT2D eigenvalue weighted by atomic mass is 127. The molecule has 1 aromatic carbocycles. The summed E-state index contributed by atoms with van der Waals surface area (Å²) in [6.07, 6.45) is 3.95. The molecule has 132 valence electrons. The lowest BCUT2D eigenvalue weighted by Gasteiger charge is -2.10. The molecule has 2 aromatic heterocycles. The van der Waals surface area contributed by atoms with Gasteiger partial charge in [0.15, 0.2) is 5.96 Å². The first-order valence-electron chi connectivity index (χ1n) is 7.84. The zero-order valence-corrected chi connectivity index (χ0v) is 17.2. The van der Waals surface area contributed by atoms with Gasteiger partial charge in [0, 0.05) is 31.9 Å². The molecule has 0 aliphatic carbocycles. The molecule has 0 saturated carbocycles. The Morgan fingerprint density at radius 2 is 1.84 bits per heavy atom. The van der Waals surface area contributed by atoms with Crippen molar-refractivity contribution in [2.24, 2.45) is 4.99 Å². The quantitative estimate of drug-likeness (QED) is 0.332. The van der Waals surface area contributed by atoms with Gasteiger partial charge in [-0.3, -0.25) is 9.67 Å².